The van der Waals surface area contributed by atoms with E-state index in [-0.39, 0.29) is 17.4 Å². The van der Waals surface area contributed by atoms with Crippen molar-refractivity contribution in [2.75, 3.05) is 13.1 Å². The summed E-state index contributed by atoms with van der Waals surface area (Å²) in [6, 6.07) is 2.00. The van der Waals surface area contributed by atoms with Gasteiger partial charge in [-0.15, -0.1) is 0 Å². The van der Waals surface area contributed by atoms with Crippen molar-refractivity contribution in [3.8, 4) is 0 Å². The molecule has 0 aliphatic carbocycles. The van der Waals surface area contributed by atoms with Crippen LogP contribution >= 0.6 is 0 Å². The molecule has 1 amide bonds. The number of aryl methyl sites for hydroxylation is 2. The first kappa shape index (κ1) is 13.1. The van der Waals surface area contributed by atoms with Crippen molar-refractivity contribution in [2.24, 2.45) is 18.2 Å². The van der Waals surface area contributed by atoms with Crippen LogP contribution in [-0.4, -0.2) is 39.7 Å². The lowest BCUT2D eigenvalue weighted by Crippen LogP contribution is -2.54. The third-order valence-corrected chi connectivity index (χ3v) is 3.93. The first-order chi connectivity index (χ1) is 8.31. The van der Waals surface area contributed by atoms with E-state index in [1.807, 2.05) is 24.9 Å². The highest BCUT2D eigenvalue weighted by Crippen LogP contribution is 2.28. The molecule has 18 heavy (non-hydrogen) atoms. The number of hydrogen-bond acceptors (Lipinski definition) is 3. The maximum Gasteiger partial charge on any atom is 0.274 e. The van der Waals surface area contributed by atoms with Gasteiger partial charge in [-0.25, -0.2) is 0 Å². The van der Waals surface area contributed by atoms with Crippen LogP contribution in [0.1, 0.15) is 36.5 Å². The van der Waals surface area contributed by atoms with Crippen LogP contribution in [0.5, 0.6) is 0 Å². The third-order valence-electron chi connectivity index (χ3n) is 3.93. The number of carbonyl (C=O) groups excluding carboxylic acids is 1. The maximum atomic E-state index is 12.4. The number of amides is 1. The minimum atomic E-state index is -0.0300. The molecule has 2 N–H and O–H groups in total. The molecule has 1 aromatic heterocycles. The van der Waals surface area contributed by atoms with E-state index >= 15 is 0 Å². The fraction of sp³-hybridized carbons (Fsp3) is 0.692. The number of nitrogens with two attached hydrogens (primary N) is 1. The Bertz CT molecular complexity index is 444. The van der Waals surface area contributed by atoms with Gasteiger partial charge in [0.25, 0.3) is 5.91 Å². The molecule has 0 aromatic carbocycles. The van der Waals surface area contributed by atoms with Crippen molar-refractivity contribution in [3.05, 3.63) is 17.5 Å². The highest BCUT2D eigenvalue weighted by molar-refractivity contribution is 5.92. The van der Waals surface area contributed by atoms with Crippen molar-refractivity contribution in [2.45, 2.75) is 33.2 Å². The molecule has 100 valence electrons. The average molecular weight is 250 g/mol. The van der Waals surface area contributed by atoms with Gasteiger partial charge in [0, 0.05) is 31.9 Å². The molecule has 0 radical (unpaired) electrons. The zero-order valence-electron chi connectivity index (χ0n) is 11.6. The number of rotatable bonds is 1. The summed E-state index contributed by atoms with van der Waals surface area (Å²) in [5.74, 6) is 0.0127. The molecular weight excluding hydrogens is 228 g/mol. The predicted octanol–water partition coefficient (Wildman–Crippen LogP) is 0.928. The summed E-state index contributed by atoms with van der Waals surface area (Å²) in [5, 5.41) is 4.25. The van der Waals surface area contributed by atoms with E-state index in [0.717, 1.165) is 18.7 Å². The van der Waals surface area contributed by atoms with E-state index in [4.69, 9.17) is 5.73 Å². The number of hydrogen-bond donors (Lipinski definition) is 1. The van der Waals surface area contributed by atoms with Crippen molar-refractivity contribution >= 4 is 5.91 Å². The highest BCUT2D eigenvalue weighted by atomic mass is 16.2. The summed E-state index contributed by atoms with van der Waals surface area (Å²) < 4.78 is 1.73. The van der Waals surface area contributed by atoms with Gasteiger partial charge in [-0.1, -0.05) is 13.8 Å². The molecule has 1 aromatic rings. The summed E-state index contributed by atoms with van der Waals surface area (Å²) in [6.07, 6.45) is 0.852. The second-order valence-corrected chi connectivity index (χ2v) is 5.91. The molecule has 0 saturated carbocycles. The molecule has 1 unspecified atom stereocenters. The molecule has 2 heterocycles. The summed E-state index contributed by atoms with van der Waals surface area (Å²) in [6.45, 7) is 7.59. The Balaban J connectivity index is 2.15. The summed E-state index contributed by atoms with van der Waals surface area (Å²) in [7, 11) is 1.85. The number of piperidine rings is 1. The molecule has 1 fully saturated rings. The van der Waals surface area contributed by atoms with Crippen LogP contribution < -0.4 is 5.73 Å². The second kappa shape index (κ2) is 4.39. The van der Waals surface area contributed by atoms with Crippen LogP contribution in [0.15, 0.2) is 6.07 Å². The van der Waals surface area contributed by atoms with E-state index in [0.29, 0.717) is 12.2 Å². The van der Waals surface area contributed by atoms with E-state index in [1.165, 1.54) is 0 Å². The van der Waals surface area contributed by atoms with Gasteiger partial charge in [0.15, 0.2) is 5.69 Å². The molecule has 1 aliphatic rings. The van der Waals surface area contributed by atoms with Crippen molar-refractivity contribution in [1.82, 2.24) is 14.7 Å². The topological polar surface area (TPSA) is 64.2 Å². The van der Waals surface area contributed by atoms with Crippen molar-refractivity contribution in [1.29, 1.82) is 0 Å². The van der Waals surface area contributed by atoms with Gasteiger partial charge in [0.1, 0.15) is 0 Å². The van der Waals surface area contributed by atoms with Gasteiger partial charge in [-0.3, -0.25) is 9.48 Å². The first-order valence-corrected chi connectivity index (χ1v) is 6.37. The standard InChI is InChI=1S/C13H22N4O/c1-9-7-10(15-16(9)4)12(18)17-6-5-11(14)13(2,3)8-17/h7,11H,5-6,8,14H2,1-4H3. The van der Waals surface area contributed by atoms with E-state index in [9.17, 15) is 4.79 Å². The average Bonchev–Trinajstić information content (AvgIpc) is 2.62. The fourth-order valence-electron chi connectivity index (χ4n) is 2.37. The Kier molecular flexibility index (Phi) is 3.19. The van der Waals surface area contributed by atoms with E-state index in [1.54, 1.807) is 4.68 Å². The second-order valence-electron chi connectivity index (χ2n) is 5.91. The lowest BCUT2D eigenvalue weighted by atomic mass is 9.79. The quantitative estimate of drug-likeness (QED) is 0.806. The summed E-state index contributed by atoms with van der Waals surface area (Å²) in [5.41, 5.74) is 7.57. The zero-order valence-corrected chi connectivity index (χ0v) is 11.6. The molecule has 5 nitrogen and oxygen atoms in total. The highest BCUT2D eigenvalue weighted by Gasteiger charge is 2.36. The van der Waals surface area contributed by atoms with Gasteiger partial charge in [-0.2, -0.15) is 5.10 Å². The number of carbonyl (C=O) groups is 1. The summed E-state index contributed by atoms with van der Waals surface area (Å²) >= 11 is 0. The van der Waals surface area contributed by atoms with Crippen LogP contribution in [0.3, 0.4) is 0 Å². The molecule has 5 heteroatoms. The van der Waals surface area contributed by atoms with Gasteiger partial charge >= 0.3 is 0 Å². The molecular formula is C13H22N4O. The maximum absolute atomic E-state index is 12.4. The lowest BCUT2D eigenvalue weighted by Gasteiger charge is -2.42. The Morgan fingerprint density at radius 2 is 2.22 bits per heavy atom. The first-order valence-electron chi connectivity index (χ1n) is 6.37. The Hall–Kier alpha value is -1.36. The van der Waals surface area contributed by atoms with Crippen molar-refractivity contribution < 1.29 is 4.79 Å². The molecule has 1 atom stereocenters. The fourth-order valence-corrected chi connectivity index (χ4v) is 2.37. The Morgan fingerprint density at radius 3 is 2.72 bits per heavy atom. The van der Waals surface area contributed by atoms with Crippen LogP contribution in [0, 0.1) is 12.3 Å². The van der Waals surface area contributed by atoms with Crippen molar-refractivity contribution in [3.63, 3.8) is 0 Å². The van der Waals surface area contributed by atoms with Gasteiger partial charge in [0.05, 0.1) is 0 Å². The minimum absolute atomic E-state index is 0.0127. The van der Waals surface area contributed by atoms with Gasteiger partial charge in [-0.05, 0) is 24.8 Å². The van der Waals surface area contributed by atoms with E-state index < -0.39 is 0 Å². The van der Waals surface area contributed by atoms with Crippen LogP contribution in [0.2, 0.25) is 0 Å². The lowest BCUT2D eigenvalue weighted by molar-refractivity contribution is 0.0526. The third kappa shape index (κ3) is 2.27. The Labute approximate surface area is 108 Å². The molecule has 0 bridgehead atoms. The zero-order chi connectivity index (χ0) is 13.5. The summed E-state index contributed by atoms with van der Waals surface area (Å²) in [4.78, 5) is 14.2. The van der Waals surface area contributed by atoms with Crippen LogP contribution in [0.25, 0.3) is 0 Å². The minimum Gasteiger partial charge on any atom is -0.337 e. The number of nitrogens with zero attached hydrogens (tertiary/aromatic N) is 3. The molecule has 1 saturated heterocycles. The smallest absolute Gasteiger partial charge is 0.274 e. The monoisotopic (exact) mass is 250 g/mol. The molecule has 2 rings (SSSR count). The SMILES string of the molecule is Cc1cc(C(=O)N2CCC(N)C(C)(C)C2)nn1C. The predicted molar refractivity (Wildman–Crippen MR) is 70.2 cm³/mol. The van der Waals surface area contributed by atoms with Gasteiger partial charge in [0.2, 0.25) is 0 Å². The number of likely N-dealkylation sites (tertiary alicyclic amines) is 1. The molecule has 1 aliphatic heterocycles. The van der Waals surface area contributed by atoms with Gasteiger partial charge < -0.3 is 10.6 Å². The number of aromatic nitrogens is 2. The van der Waals surface area contributed by atoms with E-state index in [2.05, 4.69) is 18.9 Å². The normalized spacial score (nSPS) is 23.2. The molecule has 0 spiro atoms. The van der Waals surface area contributed by atoms with Crippen LogP contribution in [-0.2, 0) is 7.05 Å². The Morgan fingerprint density at radius 1 is 1.56 bits per heavy atom. The van der Waals surface area contributed by atoms with Crippen LogP contribution in [0.4, 0.5) is 0 Å². The largest absolute Gasteiger partial charge is 0.337 e.